The van der Waals surface area contributed by atoms with Gasteiger partial charge in [0.05, 0.1) is 5.92 Å². The molecule has 1 aliphatic rings. The lowest BCUT2D eigenvalue weighted by Crippen LogP contribution is -2.36. The van der Waals surface area contributed by atoms with Crippen LogP contribution in [0.5, 0.6) is 0 Å². The van der Waals surface area contributed by atoms with E-state index in [0.717, 1.165) is 31.7 Å². The van der Waals surface area contributed by atoms with Gasteiger partial charge in [-0.3, -0.25) is 9.59 Å². The van der Waals surface area contributed by atoms with Gasteiger partial charge in [0.1, 0.15) is 5.78 Å². The van der Waals surface area contributed by atoms with Crippen molar-refractivity contribution in [3.63, 3.8) is 0 Å². The smallest absolute Gasteiger partial charge is 0.230 e. The summed E-state index contributed by atoms with van der Waals surface area (Å²) < 4.78 is 0. The van der Waals surface area contributed by atoms with Crippen molar-refractivity contribution in [1.29, 1.82) is 0 Å². The average molecular weight is 309 g/mol. The molecular formula is C19H35NO2. The zero-order valence-corrected chi connectivity index (χ0v) is 14.8. The van der Waals surface area contributed by atoms with Crippen molar-refractivity contribution in [2.24, 2.45) is 17.8 Å². The Kier molecular flexibility index (Phi) is 9.42. The van der Waals surface area contributed by atoms with Crippen LogP contribution in [0, 0.1) is 17.8 Å². The van der Waals surface area contributed by atoms with Crippen molar-refractivity contribution >= 4 is 11.7 Å². The SMILES string of the molecule is CCC1CCCNC(=O)C(CC)C(=O)CCC(CC)CCC1. The predicted octanol–water partition coefficient (Wildman–Crippen LogP) is 4.49. The fourth-order valence-corrected chi connectivity index (χ4v) is 3.61. The number of nitrogens with one attached hydrogen (secondary N) is 1. The number of amides is 1. The molecule has 3 nitrogen and oxygen atoms in total. The quantitative estimate of drug-likeness (QED) is 0.780. The van der Waals surface area contributed by atoms with Crippen molar-refractivity contribution in [3.05, 3.63) is 0 Å². The van der Waals surface area contributed by atoms with Gasteiger partial charge in [0, 0.05) is 13.0 Å². The Bertz CT molecular complexity index is 340. The second-order valence-electron chi connectivity index (χ2n) is 6.88. The van der Waals surface area contributed by atoms with E-state index in [4.69, 9.17) is 0 Å². The number of Topliss-reactive ketones (excluding diaryl/α,β-unsaturated/α-hetero) is 1. The van der Waals surface area contributed by atoms with E-state index in [1.165, 1.54) is 32.1 Å². The molecule has 0 aromatic carbocycles. The van der Waals surface area contributed by atoms with E-state index in [1.807, 2.05) is 6.92 Å². The van der Waals surface area contributed by atoms with Crippen LogP contribution in [0.2, 0.25) is 0 Å². The van der Waals surface area contributed by atoms with Gasteiger partial charge >= 0.3 is 0 Å². The Morgan fingerprint density at radius 1 is 0.864 bits per heavy atom. The van der Waals surface area contributed by atoms with Crippen molar-refractivity contribution in [2.75, 3.05) is 6.54 Å². The molecule has 1 N–H and O–H groups in total. The Balaban J connectivity index is 2.67. The molecular weight excluding hydrogens is 274 g/mol. The molecule has 1 aliphatic heterocycles. The fourth-order valence-electron chi connectivity index (χ4n) is 3.61. The zero-order valence-electron chi connectivity index (χ0n) is 14.8. The van der Waals surface area contributed by atoms with Crippen molar-refractivity contribution in [1.82, 2.24) is 5.32 Å². The highest BCUT2D eigenvalue weighted by Gasteiger charge is 2.25. The summed E-state index contributed by atoms with van der Waals surface area (Å²) in [6, 6.07) is 0. The Labute approximate surface area is 136 Å². The third-order valence-corrected chi connectivity index (χ3v) is 5.38. The molecule has 1 rings (SSSR count). The van der Waals surface area contributed by atoms with Crippen LogP contribution in [0.3, 0.4) is 0 Å². The van der Waals surface area contributed by atoms with Crippen LogP contribution >= 0.6 is 0 Å². The van der Waals surface area contributed by atoms with Crippen LogP contribution in [0.4, 0.5) is 0 Å². The number of hydrogen-bond acceptors (Lipinski definition) is 2. The molecule has 0 aliphatic carbocycles. The van der Waals surface area contributed by atoms with Crippen LogP contribution < -0.4 is 5.32 Å². The van der Waals surface area contributed by atoms with Gasteiger partial charge in [0.2, 0.25) is 5.91 Å². The number of carbonyl (C=O) groups is 2. The minimum atomic E-state index is -0.428. The van der Waals surface area contributed by atoms with E-state index >= 15 is 0 Å². The summed E-state index contributed by atoms with van der Waals surface area (Å²) in [6.45, 7) is 7.15. The molecule has 0 spiro atoms. The number of hydrogen-bond donors (Lipinski definition) is 1. The molecule has 128 valence electrons. The normalized spacial score (nSPS) is 29.7. The summed E-state index contributed by atoms with van der Waals surface area (Å²) in [4.78, 5) is 24.5. The van der Waals surface area contributed by atoms with Gasteiger partial charge in [0.15, 0.2) is 0 Å². The third-order valence-electron chi connectivity index (χ3n) is 5.38. The summed E-state index contributed by atoms with van der Waals surface area (Å²) in [5.41, 5.74) is 0. The first kappa shape index (κ1) is 19.2. The first-order valence-corrected chi connectivity index (χ1v) is 9.42. The largest absolute Gasteiger partial charge is 0.355 e. The van der Waals surface area contributed by atoms with Crippen LogP contribution in [0.15, 0.2) is 0 Å². The molecule has 1 heterocycles. The van der Waals surface area contributed by atoms with Gasteiger partial charge in [-0.2, -0.15) is 0 Å². The molecule has 3 heteroatoms. The van der Waals surface area contributed by atoms with E-state index < -0.39 is 5.92 Å². The maximum Gasteiger partial charge on any atom is 0.230 e. The second-order valence-corrected chi connectivity index (χ2v) is 6.88. The van der Waals surface area contributed by atoms with Crippen LogP contribution in [-0.4, -0.2) is 18.2 Å². The first-order chi connectivity index (χ1) is 10.6. The lowest BCUT2D eigenvalue weighted by atomic mass is 9.86. The van der Waals surface area contributed by atoms with Gasteiger partial charge < -0.3 is 5.32 Å². The summed E-state index contributed by atoms with van der Waals surface area (Å²) in [7, 11) is 0. The molecule has 0 saturated carbocycles. The Morgan fingerprint density at radius 3 is 2.05 bits per heavy atom. The lowest BCUT2D eigenvalue weighted by molar-refractivity contribution is -0.134. The first-order valence-electron chi connectivity index (χ1n) is 9.42. The summed E-state index contributed by atoms with van der Waals surface area (Å²) in [5, 5.41) is 2.98. The second kappa shape index (κ2) is 10.8. The summed E-state index contributed by atoms with van der Waals surface area (Å²) in [5.74, 6) is 1.10. The summed E-state index contributed by atoms with van der Waals surface area (Å²) >= 11 is 0. The molecule has 0 aromatic heterocycles. The monoisotopic (exact) mass is 309 g/mol. The molecule has 3 unspecified atom stereocenters. The van der Waals surface area contributed by atoms with E-state index in [1.54, 1.807) is 0 Å². The van der Waals surface area contributed by atoms with Crippen LogP contribution in [0.25, 0.3) is 0 Å². The number of rotatable bonds is 3. The van der Waals surface area contributed by atoms with E-state index in [9.17, 15) is 9.59 Å². The van der Waals surface area contributed by atoms with E-state index in [-0.39, 0.29) is 11.7 Å². The molecule has 0 bridgehead atoms. The zero-order chi connectivity index (χ0) is 16.4. The van der Waals surface area contributed by atoms with Gasteiger partial charge in [-0.25, -0.2) is 0 Å². The average Bonchev–Trinajstić information content (AvgIpc) is 2.52. The van der Waals surface area contributed by atoms with Crippen molar-refractivity contribution in [2.45, 2.75) is 85.0 Å². The number of ketones is 1. The number of carbonyl (C=O) groups excluding carboxylic acids is 2. The maximum atomic E-state index is 12.3. The third kappa shape index (κ3) is 6.50. The van der Waals surface area contributed by atoms with Crippen molar-refractivity contribution in [3.8, 4) is 0 Å². The Morgan fingerprint density at radius 2 is 1.45 bits per heavy atom. The van der Waals surface area contributed by atoms with Gasteiger partial charge in [-0.05, 0) is 37.5 Å². The lowest BCUT2D eigenvalue weighted by Gasteiger charge is -2.21. The topological polar surface area (TPSA) is 46.2 Å². The van der Waals surface area contributed by atoms with Crippen molar-refractivity contribution < 1.29 is 9.59 Å². The molecule has 1 amide bonds. The Hall–Kier alpha value is -0.860. The van der Waals surface area contributed by atoms with E-state index in [2.05, 4.69) is 19.2 Å². The maximum absolute atomic E-state index is 12.3. The molecule has 1 fully saturated rings. The highest BCUT2D eigenvalue weighted by molar-refractivity contribution is 6.01. The molecule has 22 heavy (non-hydrogen) atoms. The van der Waals surface area contributed by atoms with Gasteiger partial charge in [-0.1, -0.05) is 52.9 Å². The van der Waals surface area contributed by atoms with Crippen LogP contribution in [-0.2, 0) is 9.59 Å². The molecule has 0 aromatic rings. The predicted molar refractivity (Wildman–Crippen MR) is 91.7 cm³/mol. The highest BCUT2D eigenvalue weighted by Crippen LogP contribution is 2.25. The van der Waals surface area contributed by atoms with Gasteiger partial charge in [-0.15, -0.1) is 0 Å². The summed E-state index contributed by atoms with van der Waals surface area (Å²) in [6.07, 6.45) is 10.6. The molecule has 0 radical (unpaired) electrons. The molecule has 1 saturated heterocycles. The van der Waals surface area contributed by atoms with Gasteiger partial charge in [0.25, 0.3) is 0 Å². The standard InChI is InChI=1S/C19H35NO2/c1-4-15-9-7-10-16(5-2)12-13-18(21)17(6-3)19(22)20-14-8-11-15/h15-17H,4-14H2,1-3H3,(H,20,22). The highest BCUT2D eigenvalue weighted by atomic mass is 16.2. The van der Waals surface area contributed by atoms with E-state index in [0.29, 0.717) is 18.8 Å². The van der Waals surface area contributed by atoms with Crippen LogP contribution in [0.1, 0.15) is 85.0 Å². The minimum Gasteiger partial charge on any atom is -0.355 e. The minimum absolute atomic E-state index is 0.0503. The fraction of sp³-hybridized carbons (Fsp3) is 0.895. The molecule has 3 atom stereocenters.